The van der Waals surface area contributed by atoms with E-state index >= 15 is 0 Å². The van der Waals surface area contributed by atoms with Gasteiger partial charge >= 0.3 is 6.09 Å². The van der Waals surface area contributed by atoms with Crippen molar-refractivity contribution in [2.24, 2.45) is 0 Å². The molecule has 0 spiro atoms. The van der Waals surface area contributed by atoms with Crippen LogP contribution in [0.3, 0.4) is 0 Å². The van der Waals surface area contributed by atoms with Crippen molar-refractivity contribution >= 4 is 23.3 Å². The average molecular weight is 470 g/mol. The number of rotatable bonds is 2. The van der Waals surface area contributed by atoms with Gasteiger partial charge in [0, 0.05) is 31.0 Å². The van der Waals surface area contributed by atoms with Gasteiger partial charge in [-0.3, -0.25) is 4.40 Å². The van der Waals surface area contributed by atoms with E-state index in [0.29, 0.717) is 27.9 Å². The van der Waals surface area contributed by atoms with E-state index in [1.54, 1.807) is 46.0 Å². The summed E-state index contributed by atoms with van der Waals surface area (Å²) in [5.41, 5.74) is 2.17. The number of imidazole rings is 1. The molecule has 0 aliphatic carbocycles. The lowest BCUT2D eigenvalue weighted by atomic mass is 10.1. The quantitative estimate of drug-likeness (QED) is 0.503. The summed E-state index contributed by atoms with van der Waals surface area (Å²) in [5.74, 6) is 0.402. The first-order valence-electron chi connectivity index (χ1n) is 10.8. The van der Waals surface area contributed by atoms with E-state index in [4.69, 9.17) is 26.3 Å². The van der Waals surface area contributed by atoms with Crippen LogP contribution in [0.2, 0.25) is 5.15 Å². The van der Waals surface area contributed by atoms with Gasteiger partial charge in [-0.1, -0.05) is 23.7 Å². The van der Waals surface area contributed by atoms with Crippen LogP contribution in [-0.4, -0.2) is 51.2 Å². The molecule has 174 valence electrons. The van der Waals surface area contributed by atoms with E-state index in [1.165, 1.54) is 13.5 Å². The fourth-order valence-electron chi connectivity index (χ4n) is 3.36. The van der Waals surface area contributed by atoms with E-state index < -0.39 is 0 Å². The fraction of sp³-hybridized carbons (Fsp3) is 0.417. The molecule has 3 heterocycles. The normalized spacial score (nSPS) is 13.6. The second-order valence-corrected chi connectivity index (χ2v) is 8.96. The molecule has 8 nitrogen and oxygen atoms in total. The molecule has 0 saturated carbocycles. The number of carbonyl (C=O) groups excluding carboxylic acids is 1. The predicted octanol–water partition coefficient (Wildman–Crippen LogP) is 5.34. The highest BCUT2D eigenvalue weighted by molar-refractivity contribution is 6.32. The van der Waals surface area contributed by atoms with Gasteiger partial charge in [-0.2, -0.15) is 5.26 Å². The minimum Gasteiger partial charge on any atom is -0.478 e. The number of hydrogen-bond acceptors (Lipinski definition) is 6. The zero-order valence-electron chi connectivity index (χ0n) is 19.3. The zero-order chi connectivity index (χ0) is 24.0. The van der Waals surface area contributed by atoms with Crippen molar-refractivity contribution in [2.75, 3.05) is 20.2 Å². The number of carbonyl (C=O) groups is 1. The first-order valence-corrected chi connectivity index (χ1v) is 11.2. The summed E-state index contributed by atoms with van der Waals surface area (Å²) >= 11 is 6.36. The van der Waals surface area contributed by atoms with Crippen LogP contribution in [-0.2, 0) is 4.74 Å². The van der Waals surface area contributed by atoms with Crippen LogP contribution in [0.15, 0.2) is 36.7 Å². The van der Waals surface area contributed by atoms with Crippen LogP contribution in [0.1, 0.15) is 45.6 Å². The van der Waals surface area contributed by atoms with Gasteiger partial charge in [-0.05, 0) is 52.2 Å². The van der Waals surface area contributed by atoms with E-state index in [0.717, 1.165) is 31.5 Å². The number of fused-ring (bicyclic) bond motifs is 1. The maximum atomic E-state index is 11.5. The number of ether oxygens (including phenoxy) is 2. The third-order valence-electron chi connectivity index (χ3n) is 4.94. The molecule has 0 radical (unpaired) electrons. The molecule has 3 aromatic rings. The number of methoxy groups -OCH3 is 1. The second-order valence-electron chi connectivity index (χ2n) is 8.60. The molecule has 33 heavy (non-hydrogen) atoms. The summed E-state index contributed by atoms with van der Waals surface area (Å²) in [4.78, 5) is 21.9. The third-order valence-corrected chi connectivity index (χ3v) is 5.30. The first-order chi connectivity index (χ1) is 15.7. The topological polar surface area (TPSA) is 92.7 Å². The molecule has 9 heteroatoms. The van der Waals surface area contributed by atoms with E-state index in [-0.39, 0.29) is 11.7 Å². The summed E-state index contributed by atoms with van der Waals surface area (Å²) in [7, 11) is 1.54. The van der Waals surface area contributed by atoms with Gasteiger partial charge in [0.2, 0.25) is 5.65 Å². The Kier molecular flexibility index (Phi) is 7.77. The summed E-state index contributed by atoms with van der Waals surface area (Å²) < 4.78 is 12.2. The monoisotopic (exact) mass is 469 g/mol. The van der Waals surface area contributed by atoms with Crippen LogP contribution < -0.4 is 4.74 Å². The Morgan fingerprint density at radius 1 is 1.15 bits per heavy atom. The molecule has 1 aliphatic rings. The minimum atomic E-state index is -0.367. The van der Waals surface area contributed by atoms with Crippen LogP contribution in [0.5, 0.6) is 5.88 Å². The Labute approximate surface area is 198 Å². The van der Waals surface area contributed by atoms with Gasteiger partial charge in [0.15, 0.2) is 0 Å². The summed E-state index contributed by atoms with van der Waals surface area (Å²) in [6, 6.07) is 9.12. The van der Waals surface area contributed by atoms with E-state index in [9.17, 15) is 4.79 Å². The highest BCUT2D eigenvalue weighted by Crippen LogP contribution is 2.30. The lowest BCUT2D eigenvalue weighted by Gasteiger charge is -2.29. The highest BCUT2D eigenvalue weighted by Gasteiger charge is 2.23. The number of nitrogens with zero attached hydrogens (tertiary/aromatic N) is 5. The van der Waals surface area contributed by atoms with Crippen LogP contribution in [0, 0.1) is 11.3 Å². The van der Waals surface area contributed by atoms with Crippen molar-refractivity contribution in [3.8, 4) is 23.2 Å². The van der Waals surface area contributed by atoms with Gasteiger partial charge in [0.05, 0.1) is 18.7 Å². The Morgan fingerprint density at radius 2 is 1.82 bits per heavy atom. The summed E-state index contributed by atoms with van der Waals surface area (Å²) in [5, 5.41) is 9.27. The second kappa shape index (κ2) is 10.5. The van der Waals surface area contributed by atoms with Crippen molar-refractivity contribution in [1.82, 2.24) is 19.3 Å². The molecule has 4 rings (SSSR count). The van der Waals surface area contributed by atoms with Crippen molar-refractivity contribution < 1.29 is 14.3 Å². The molecule has 1 aromatic carbocycles. The van der Waals surface area contributed by atoms with Gasteiger partial charge in [-0.15, -0.1) is 0 Å². The van der Waals surface area contributed by atoms with Crippen LogP contribution in [0.4, 0.5) is 4.79 Å². The average Bonchev–Trinajstić information content (AvgIpc) is 3.30. The number of hydrogen-bond donors (Lipinski definition) is 0. The molecule has 2 aromatic heterocycles. The van der Waals surface area contributed by atoms with Crippen molar-refractivity contribution in [3.63, 3.8) is 0 Å². The molecule has 0 N–H and O–H groups in total. The largest absolute Gasteiger partial charge is 0.478 e. The first kappa shape index (κ1) is 24.3. The predicted molar refractivity (Wildman–Crippen MR) is 126 cm³/mol. The van der Waals surface area contributed by atoms with Crippen molar-refractivity contribution in [3.05, 3.63) is 47.4 Å². The number of nitriles is 1. The molecule has 0 unspecified atom stereocenters. The molecular weight excluding hydrogens is 442 g/mol. The molecule has 0 bridgehead atoms. The lowest BCUT2D eigenvalue weighted by molar-refractivity contribution is 0.0216. The molecule has 1 saturated heterocycles. The molecule has 1 aliphatic heterocycles. The van der Waals surface area contributed by atoms with Crippen molar-refractivity contribution in [2.45, 2.75) is 45.6 Å². The van der Waals surface area contributed by atoms with E-state index in [1.807, 2.05) is 20.8 Å². The van der Waals surface area contributed by atoms with Crippen molar-refractivity contribution in [1.29, 1.82) is 5.26 Å². The number of likely N-dealkylation sites (tertiary alicyclic amines) is 1. The smallest absolute Gasteiger partial charge is 0.410 e. The summed E-state index contributed by atoms with van der Waals surface area (Å²) in [6.07, 6.45) is 6.67. The SMILES string of the molecule is CC(C)(C)OC(=O)N1CCCCC1.COc1nc(-c2ccc(C#N)cc2)c(Cl)n2ccnc12. The van der Waals surface area contributed by atoms with Gasteiger partial charge < -0.3 is 14.4 Å². The molecule has 0 atom stereocenters. The maximum Gasteiger partial charge on any atom is 0.410 e. The standard InChI is InChI=1S/C14H9ClN4O.C10H19NO2/c1-20-14-13-17-6-7-19(13)12(15)11(18-14)10-4-2-9(8-16)3-5-10;1-10(2,3)13-9(12)11-7-5-4-6-8-11/h2-7H,1H3;4-8H2,1-3H3. The Balaban J connectivity index is 0.000000205. The minimum absolute atomic E-state index is 0.160. The molecule has 1 fully saturated rings. The van der Waals surface area contributed by atoms with Gasteiger partial charge in [0.25, 0.3) is 5.88 Å². The molecular formula is C24H28ClN5O3. The fourth-order valence-corrected chi connectivity index (χ4v) is 3.65. The number of benzene rings is 1. The molecule has 1 amide bonds. The summed E-state index contributed by atoms with van der Waals surface area (Å²) in [6.45, 7) is 7.41. The van der Waals surface area contributed by atoms with Crippen LogP contribution >= 0.6 is 11.6 Å². The number of aromatic nitrogens is 3. The van der Waals surface area contributed by atoms with Gasteiger partial charge in [-0.25, -0.2) is 14.8 Å². The highest BCUT2D eigenvalue weighted by atomic mass is 35.5. The van der Waals surface area contributed by atoms with Gasteiger partial charge in [0.1, 0.15) is 16.4 Å². The Morgan fingerprint density at radius 3 is 2.39 bits per heavy atom. The van der Waals surface area contributed by atoms with Crippen LogP contribution in [0.25, 0.3) is 16.9 Å². The third kappa shape index (κ3) is 6.14. The number of amides is 1. The Hall–Kier alpha value is -3.31. The lowest BCUT2D eigenvalue weighted by Crippen LogP contribution is -2.39. The zero-order valence-corrected chi connectivity index (χ0v) is 20.1. The van der Waals surface area contributed by atoms with E-state index in [2.05, 4.69) is 16.0 Å². The number of halogens is 1. The number of piperidine rings is 1. The maximum absolute atomic E-state index is 11.5. The Bertz CT molecular complexity index is 1140.